The quantitative estimate of drug-likeness (QED) is 0.806. The van der Waals surface area contributed by atoms with Crippen LogP contribution in [0.25, 0.3) is 0 Å². The van der Waals surface area contributed by atoms with Crippen molar-refractivity contribution >= 4 is 27.7 Å². The Morgan fingerprint density at radius 3 is 2.30 bits per heavy atom. The van der Waals surface area contributed by atoms with Gasteiger partial charge in [-0.25, -0.2) is 4.98 Å². The lowest BCUT2D eigenvalue weighted by molar-refractivity contribution is -0.132. The third-order valence-corrected chi connectivity index (χ3v) is 5.19. The molecule has 126 valence electrons. The second-order valence-electron chi connectivity index (χ2n) is 6.39. The van der Waals surface area contributed by atoms with Gasteiger partial charge in [-0.3, -0.25) is 9.69 Å². The first-order valence-electron chi connectivity index (χ1n) is 8.59. The van der Waals surface area contributed by atoms with Gasteiger partial charge < -0.3 is 9.80 Å². The van der Waals surface area contributed by atoms with Crippen molar-refractivity contribution in [1.29, 1.82) is 0 Å². The smallest absolute Gasteiger partial charge is 0.236 e. The Morgan fingerprint density at radius 2 is 1.70 bits per heavy atom. The number of hydrogen-bond donors (Lipinski definition) is 0. The molecule has 1 aromatic heterocycles. The van der Waals surface area contributed by atoms with Gasteiger partial charge >= 0.3 is 0 Å². The van der Waals surface area contributed by atoms with Crippen LogP contribution in [0, 0.1) is 0 Å². The number of rotatable bonds is 3. The second kappa shape index (κ2) is 8.11. The lowest BCUT2D eigenvalue weighted by Gasteiger charge is -2.36. The molecular formula is C17H25BrN4O. The van der Waals surface area contributed by atoms with Crippen LogP contribution in [-0.2, 0) is 4.79 Å². The highest BCUT2D eigenvalue weighted by molar-refractivity contribution is 9.10. The summed E-state index contributed by atoms with van der Waals surface area (Å²) in [5.41, 5.74) is 0. The zero-order valence-electron chi connectivity index (χ0n) is 13.6. The predicted octanol–water partition coefficient (Wildman–Crippen LogP) is 2.37. The molecule has 0 saturated carbocycles. The van der Waals surface area contributed by atoms with E-state index in [1.165, 1.54) is 12.8 Å². The summed E-state index contributed by atoms with van der Waals surface area (Å²) in [5, 5.41) is 0. The average molecular weight is 381 g/mol. The number of aromatic nitrogens is 1. The van der Waals surface area contributed by atoms with E-state index < -0.39 is 0 Å². The Morgan fingerprint density at radius 1 is 1.00 bits per heavy atom. The lowest BCUT2D eigenvalue weighted by atomic mass is 10.2. The zero-order valence-corrected chi connectivity index (χ0v) is 15.2. The fraction of sp³-hybridized carbons (Fsp3) is 0.647. The van der Waals surface area contributed by atoms with Crippen LogP contribution in [0.4, 0.5) is 5.82 Å². The third-order valence-electron chi connectivity index (χ3n) is 4.73. The van der Waals surface area contributed by atoms with Crippen LogP contribution in [0.15, 0.2) is 22.8 Å². The first-order chi connectivity index (χ1) is 11.2. The fourth-order valence-electron chi connectivity index (χ4n) is 3.30. The summed E-state index contributed by atoms with van der Waals surface area (Å²) in [6, 6.07) is 4.07. The van der Waals surface area contributed by atoms with E-state index in [0.717, 1.165) is 62.4 Å². The van der Waals surface area contributed by atoms with Gasteiger partial charge in [-0.1, -0.05) is 12.8 Å². The van der Waals surface area contributed by atoms with Gasteiger partial charge in [0.25, 0.3) is 0 Å². The maximum atomic E-state index is 12.5. The second-order valence-corrected chi connectivity index (χ2v) is 7.31. The standard InChI is InChI=1S/C17H25BrN4O/c18-15-5-6-16(19-13-15)21-11-9-20(10-12-21)14-17(23)22-7-3-1-2-4-8-22/h5-6,13H,1-4,7-12,14H2. The van der Waals surface area contributed by atoms with Gasteiger partial charge in [-0.05, 0) is 40.9 Å². The highest BCUT2D eigenvalue weighted by Gasteiger charge is 2.22. The van der Waals surface area contributed by atoms with Crippen LogP contribution in [0.2, 0.25) is 0 Å². The van der Waals surface area contributed by atoms with Gasteiger partial charge in [0.2, 0.25) is 5.91 Å². The molecule has 5 nitrogen and oxygen atoms in total. The highest BCUT2D eigenvalue weighted by Crippen LogP contribution is 2.17. The minimum Gasteiger partial charge on any atom is -0.354 e. The maximum Gasteiger partial charge on any atom is 0.236 e. The largest absolute Gasteiger partial charge is 0.354 e. The Balaban J connectivity index is 1.47. The van der Waals surface area contributed by atoms with Crippen LogP contribution >= 0.6 is 15.9 Å². The molecular weight excluding hydrogens is 356 g/mol. The number of nitrogens with zero attached hydrogens (tertiary/aromatic N) is 4. The van der Waals surface area contributed by atoms with Gasteiger partial charge in [-0.2, -0.15) is 0 Å². The van der Waals surface area contributed by atoms with Gasteiger partial charge in [0.1, 0.15) is 5.82 Å². The van der Waals surface area contributed by atoms with Gasteiger partial charge in [-0.15, -0.1) is 0 Å². The summed E-state index contributed by atoms with van der Waals surface area (Å²) in [6.07, 6.45) is 6.69. The zero-order chi connectivity index (χ0) is 16.1. The number of carbonyl (C=O) groups excluding carboxylic acids is 1. The summed E-state index contributed by atoms with van der Waals surface area (Å²) in [5.74, 6) is 1.33. The SMILES string of the molecule is O=C(CN1CCN(c2ccc(Br)cn2)CC1)N1CCCCCC1. The lowest BCUT2D eigenvalue weighted by Crippen LogP contribution is -2.50. The number of likely N-dealkylation sites (tertiary alicyclic amines) is 1. The molecule has 0 radical (unpaired) electrons. The molecule has 0 unspecified atom stereocenters. The van der Waals surface area contributed by atoms with Crippen LogP contribution < -0.4 is 4.90 Å². The molecule has 6 heteroatoms. The van der Waals surface area contributed by atoms with Crippen molar-refractivity contribution in [3.63, 3.8) is 0 Å². The molecule has 0 atom stereocenters. The monoisotopic (exact) mass is 380 g/mol. The van der Waals surface area contributed by atoms with E-state index in [9.17, 15) is 4.79 Å². The number of amides is 1. The van der Waals surface area contributed by atoms with Crippen molar-refractivity contribution in [3.8, 4) is 0 Å². The van der Waals surface area contributed by atoms with Gasteiger partial charge in [0.05, 0.1) is 6.54 Å². The van der Waals surface area contributed by atoms with E-state index in [2.05, 4.69) is 35.6 Å². The molecule has 0 aliphatic carbocycles. The summed E-state index contributed by atoms with van der Waals surface area (Å²) < 4.78 is 1.00. The molecule has 0 bridgehead atoms. The third kappa shape index (κ3) is 4.67. The van der Waals surface area contributed by atoms with Crippen molar-refractivity contribution < 1.29 is 4.79 Å². The van der Waals surface area contributed by atoms with Crippen LogP contribution in [0.3, 0.4) is 0 Å². The van der Waals surface area contributed by atoms with Crippen LogP contribution in [0.1, 0.15) is 25.7 Å². The van der Waals surface area contributed by atoms with Gasteiger partial charge in [0, 0.05) is 49.9 Å². The molecule has 2 saturated heterocycles. The number of carbonyl (C=O) groups is 1. The van der Waals surface area contributed by atoms with E-state index in [-0.39, 0.29) is 0 Å². The van der Waals surface area contributed by atoms with Crippen molar-refractivity contribution in [2.75, 3.05) is 50.7 Å². The molecule has 2 fully saturated rings. The Kier molecular flexibility index (Phi) is 5.89. The molecule has 0 aromatic carbocycles. The predicted molar refractivity (Wildman–Crippen MR) is 95.6 cm³/mol. The van der Waals surface area contributed by atoms with Crippen molar-refractivity contribution in [1.82, 2.24) is 14.8 Å². The Labute approximate surface area is 146 Å². The molecule has 3 rings (SSSR count). The molecule has 3 heterocycles. The van der Waals surface area contributed by atoms with Crippen molar-refractivity contribution in [2.24, 2.45) is 0 Å². The number of halogens is 1. The highest BCUT2D eigenvalue weighted by atomic mass is 79.9. The van der Waals surface area contributed by atoms with E-state index >= 15 is 0 Å². The van der Waals surface area contributed by atoms with E-state index in [1.807, 2.05) is 18.3 Å². The van der Waals surface area contributed by atoms with Crippen molar-refractivity contribution in [3.05, 3.63) is 22.8 Å². The summed E-state index contributed by atoms with van der Waals surface area (Å²) in [6.45, 7) is 6.18. The fourth-order valence-corrected chi connectivity index (χ4v) is 3.54. The maximum absolute atomic E-state index is 12.5. The Hall–Kier alpha value is -1.14. The molecule has 1 amide bonds. The Bertz CT molecular complexity index is 506. The minimum atomic E-state index is 0.308. The molecule has 23 heavy (non-hydrogen) atoms. The first-order valence-corrected chi connectivity index (χ1v) is 9.38. The number of pyridine rings is 1. The van der Waals surface area contributed by atoms with E-state index in [4.69, 9.17) is 0 Å². The summed E-state index contributed by atoms with van der Waals surface area (Å²) in [4.78, 5) is 23.6. The van der Waals surface area contributed by atoms with Gasteiger partial charge in [0.15, 0.2) is 0 Å². The average Bonchev–Trinajstić information content (AvgIpc) is 2.86. The summed E-state index contributed by atoms with van der Waals surface area (Å²) >= 11 is 3.42. The number of anilines is 1. The van der Waals surface area contributed by atoms with Crippen LogP contribution in [-0.4, -0.2) is 66.5 Å². The van der Waals surface area contributed by atoms with Crippen molar-refractivity contribution in [2.45, 2.75) is 25.7 Å². The minimum absolute atomic E-state index is 0.308. The molecule has 1 aromatic rings. The molecule has 2 aliphatic heterocycles. The number of hydrogen-bond acceptors (Lipinski definition) is 4. The molecule has 0 spiro atoms. The normalized spacial score (nSPS) is 20.4. The first kappa shape index (κ1) is 16.7. The molecule has 2 aliphatic rings. The molecule has 0 N–H and O–H groups in total. The van der Waals surface area contributed by atoms with E-state index in [0.29, 0.717) is 12.5 Å². The summed E-state index contributed by atoms with van der Waals surface area (Å²) in [7, 11) is 0. The van der Waals surface area contributed by atoms with E-state index in [1.54, 1.807) is 0 Å². The van der Waals surface area contributed by atoms with Crippen LogP contribution in [0.5, 0.6) is 0 Å². The number of piperazine rings is 1. The topological polar surface area (TPSA) is 39.7 Å².